The molecular weight excluding hydrogens is 324 g/mol. The monoisotopic (exact) mass is 350 g/mol. The van der Waals surface area contributed by atoms with Gasteiger partial charge in [-0.15, -0.1) is 0 Å². The second-order valence-electron chi connectivity index (χ2n) is 6.85. The number of aliphatic hydroxyl groups excluding tert-OH is 1. The Balaban J connectivity index is 1.82. The topological polar surface area (TPSA) is 98.9 Å². The zero-order chi connectivity index (χ0) is 17.8. The zero-order valence-corrected chi connectivity index (χ0v) is 14.7. The fourth-order valence-corrected chi connectivity index (χ4v) is 3.53. The maximum Gasteiger partial charge on any atom is 0.353 e. The number of nitrogens with zero attached hydrogens (tertiary/aromatic N) is 6. The minimum absolute atomic E-state index is 0.0210. The van der Waals surface area contributed by atoms with E-state index < -0.39 is 0 Å². The van der Waals surface area contributed by atoms with E-state index in [1.54, 1.807) is 0 Å². The van der Waals surface area contributed by atoms with E-state index >= 15 is 0 Å². The average Bonchev–Trinajstić information content (AvgIpc) is 2.62. The average molecular weight is 350 g/mol. The Morgan fingerprint density at radius 3 is 2.20 bits per heavy atom. The number of rotatable bonds is 5. The van der Waals surface area contributed by atoms with Crippen LogP contribution in [0.25, 0.3) is 0 Å². The van der Waals surface area contributed by atoms with Crippen LogP contribution >= 0.6 is 0 Å². The van der Waals surface area contributed by atoms with E-state index in [9.17, 15) is 10.1 Å². The molecule has 138 valence electrons. The third kappa shape index (κ3) is 3.98. The van der Waals surface area contributed by atoms with Gasteiger partial charge in [0.15, 0.2) is 0 Å². The Kier molecular flexibility index (Phi) is 5.64. The van der Waals surface area contributed by atoms with Gasteiger partial charge in [0.25, 0.3) is 0 Å². The first-order valence-corrected chi connectivity index (χ1v) is 8.92. The van der Waals surface area contributed by atoms with Crippen molar-refractivity contribution in [1.29, 1.82) is 0 Å². The molecule has 0 aromatic carbocycles. The summed E-state index contributed by atoms with van der Waals surface area (Å²) < 4.78 is 0. The SMILES string of the molecule is CC1CCN(c2ncnc(N3CCN(CCO)CC3)c2[N+](=O)[O-])CC1. The predicted molar refractivity (Wildman–Crippen MR) is 95.0 cm³/mol. The number of aromatic nitrogens is 2. The van der Waals surface area contributed by atoms with Crippen molar-refractivity contribution < 1.29 is 10.0 Å². The number of piperazine rings is 1. The van der Waals surface area contributed by atoms with Gasteiger partial charge in [0.05, 0.1) is 11.5 Å². The molecule has 0 saturated carbocycles. The van der Waals surface area contributed by atoms with Crippen molar-refractivity contribution in [3.63, 3.8) is 0 Å². The summed E-state index contributed by atoms with van der Waals surface area (Å²) in [6.07, 6.45) is 3.49. The lowest BCUT2D eigenvalue weighted by Crippen LogP contribution is -2.47. The van der Waals surface area contributed by atoms with Crippen molar-refractivity contribution >= 4 is 17.3 Å². The summed E-state index contributed by atoms with van der Waals surface area (Å²) in [7, 11) is 0. The van der Waals surface area contributed by atoms with E-state index in [0.29, 0.717) is 37.2 Å². The molecule has 0 bridgehead atoms. The van der Waals surface area contributed by atoms with Gasteiger partial charge in [-0.05, 0) is 18.8 Å². The molecule has 9 heteroatoms. The van der Waals surface area contributed by atoms with Gasteiger partial charge in [0, 0.05) is 45.8 Å². The van der Waals surface area contributed by atoms with Crippen LogP contribution in [0.1, 0.15) is 19.8 Å². The van der Waals surface area contributed by atoms with Crippen LogP contribution in [0.15, 0.2) is 6.33 Å². The lowest BCUT2D eigenvalue weighted by molar-refractivity contribution is -0.383. The molecule has 0 radical (unpaired) electrons. The summed E-state index contributed by atoms with van der Waals surface area (Å²) >= 11 is 0. The van der Waals surface area contributed by atoms with Crippen molar-refractivity contribution in [1.82, 2.24) is 14.9 Å². The summed E-state index contributed by atoms with van der Waals surface area (Å²) in [6, 6.07) is 0. The highest BCUT2D eigenvalue weighted by Gasteiger charge is 2.32. The highest BCUT2D eigenvalue weighted by atomic mass is 16.6. The van der Waals surface area contributed by atoms with Crippen molar-refractivity contribution in [2.75, 3.05) is 62.2 Å². The molecule has 1 aromatic heterocycles. The van der Waals surface area contributed by atoms with Crippen LogP contribution in [0.4, 0.5) is 17.3 Å². The molecule has 1 aromatic rings. The third-order valence-corrected chi connectivity index (χ3v) is 5.14. The summed E-state index contributed by atoms with van der Waals surface area (Å²) in [5, 5.41) is 20.8. The highest BCUT2D eigenvalue weighted by molar-refractivity contribution is 5.71. The number of β-amino-alcohol motifs (C(OH)–C–C–N with tert-alkyl or cyclic N) is 1. The molecule has 3 rings (SSSR count). The van der Waals surface area contributed by atoms with Gasteiger partial charge in [-0.2, -0.15) is 0 Å². The van der Waals surface area contributed by atoms with E-state index in [1.807, 2.05) is 9.80 Å². The van der Waals surface area contributed by atoms with Crippen LogP contribution in [-0.4, -0.2) is 77.3 Å². The first kappa shape index (κ1) is 17.8. The van der Waals surface area contributed by atoms with Gasteiger partial charge < -0.3 is 14.9 Å². The standard InChI is InChI=1S/C16H26N6O3/c1-13-2-4-20(5-3-13)15-14(22(24)25)16(18-12-17-15)21-8-6-19(7-9-21)10-11-23/h12-13,23H,2-11H2,1H3. The molecule has 0 unspecified atom stereocenters. The first-order chi connectivity index (χ1) is 12.1. The first-order valence-electron chi connectivity index (χ1n) is 8.92. The van der Waals surface area contributed by atoms with Gasteiger partial charge >= 0.3 is 5.69 Å². The van der Waals surface area contributed by atoms with Gasteiger partial charge in [0.2, 0.25) is 11.6 Å². The molecular formula is C16H26N6O3. The van der Waals surface area contributed by atoms with Gasteiger partial charge in [-0.1, -0.05) is 6.92 Å². The number of hydrogen-bond donors (Lipinski definition) is 1. The normalized spacial score (nSPS) is 20.1. The minimum atomic E-state index is -0.344. The quantitative estimate of drug-likeness (QED) is 0.613. The number of piperidine rings is 1. The van der Waals surface area contributed by atoms with Crippen LogP contribution in [0.5, 0.6) is 0 Å². The molecule has 9 nitrogen and oxygen atoms in total. The fraction of sp³-hybridized carbons (Fsp3) is 0.750. The molecule has 1 N–H and O–H groups in total. The van der Waals surface area contributed by atoms with Crippen LogP contribution in [0.3, 0.4) is 0 Å². The highest BCUT2D eigenvalue weighted by Crippen LogP contribution is 2.36. The van der Waals surface area contributed by atoms with E-state index in [1.165, 1.54) is 6.33 Å². The zero-order valence-electron chi connectivity index (χ0n) is 14.7. The van der Waals surface area contributed by atoms with Gasteiger partial charge in [0.1, 0.15) is 6.33 Å². The Morgan fingerprint density at radius 2 is 1.68 bits per heavy atom. The Morgan fingerprint density at radius 1 is 1.12 bits per heavy atom. The van der Waals surface area contributed by atoms with Crippen LogP contribution in [0, 0.1) is 16.0 Å². The summed E-state index contributed by atoms with van der Waals surface area (Å²) in [5.41, 5.74) is 0.0210. The largest absolute Gasteiger partial charge is 0.395 e. The van der Waals surface area contributed by atoms with Crippen molar-refractivity contribution in [2.45, 2.75) is 19.8 Å². The molecule has 2 saturated heterocycles. The number of hydrogen-bond acceptors (Lipinski definition) is 8. The molecule has 0 atom stereocenters. The molecule has 0 spiro atoms. The molecule has 3 heterocycles. The van der Waals surface area contributed by atoms with E-state index in [0.717, 1.165) is 39.0 Å². The molecule has 25 heavy (non-hydrogen) atoms. The van der Waals surface area contributed by atoms with Gasteiger partial charge in [-0.25, -0.2) is 9.97 Å². The minimum Gasteiger partial charge on any atom is -0.395 e. The lowest BCUT2D eigenvalue weighted by atomic mass is 9.99. The summed E-state index contributed by atoms with van der Waals surface area (Å²) in [6.45, 7) is 7.41. The second-order valence-corrected chi connectivity index (χ2v) is 6.85. The molecule has 2 aliphatic rings. The van der Waals surface area contributed by atoms with Gasteiger partial charge in [-0.3, -0.25) is 15.0 Å². The van der Waals surface area contributed by atoms with E-state index in [4.69, 9.17) is 5.11 Å². The number of anilines is 2. The van der Waals surface area contributed by atoms with Crippen LogP contribution < -0.4 is 9.80 Å². The fourth-order valence-electron chi connectivity index (χ4n) is 3.53. The smallest absolute Gasteiger partial charge is 0.353 e. The number of aliphatic hydroxyl groups is 1. The summed E-state index contributed by atoms with van der Waals surface area (Å²) in [4.78, 5) is 26.1. The molecule has 2 aliphatic heterocycles. The third-order valence-electron chi connectivity index (χ3n) is 5.14. The molecule has 2 fully saturated rings. The van der Waals surface area contributed by atoms with E-state index in [-0.39, 0.29) is 17.2 Å². The Labute approximate surface area is 147 Å². The van der Waals surface area contributed by atoms with Crippen molar-refractivity contribution in [3.05, 3.63) is 16.4 Å². The molecule has 0 amide bonds. The lowest BCUT2D eigenvalue weighted by Gasteiger charge is -2.35. The van der Waals surface area contributed by atoms with Crippen molar-refractivity contribution in [2.24, 2.45) is 5.92 Å². The maximum absolute atomic E-state index is 11.8. The molecule has 0 aliphatic carbocycles. The van der Waals surface area contributed by atoms with Crippen molar-refractivity contribution in [3.8, 4) is 0 Å². The second kappa shape index (κ2) is 7.92. The number of nitro groups is 1. The van der Waals surface area contributed by atoms with Crippen LogP contribution in [-0.2, 0) is 0 Å². The summed E-state index contributed by atoms with van der Waals surface area (Å²) in [5.74, 6) is 1.51. The van der Waals surface area contributed by atoms with E-state index in [2.05, 4.69) is 21.8 Å². The Bertz CT molecular complexity index is 598. The Hall–Kier alpha value is -2.00. The van der Waals surface area contributed by atoms with Crippen LogP contribution in [0.2, 0.25) is 0 Å². The maximum atomic E-state index is 11.8. The predicted octanol–water partition coefficient (Wildman–Crippen LogP) is 0.735.